The largest absolute Gasteiger partial charge is 0.354 e. The van der Waals surface area contributed by atoms with Crippen LogP contribution in [0.3, 0.4) is 0 Å². The molecule has 0 saturated heterocycles. The van der Waals surface area contributed by atoms with Crippen LogP contribution in [0.15, 0.2) is 60.1 Å². The molecule has 0 unspecified atom stereocenters. The highest BCUT2D eigenvalue weighted by atomic mass is 32.1. The summed E-state index contributed by atoms with van der Waals surface area (Å²) in [5.74, 6) is -0.541. The first kappa shape index (κ1) is 23.2. The number of fused-ring (bicyclic) bond motifs is 1. The van der Waals surface area contributed by atoms with Gasteiger partial charge in [0.15, 0.2) is 4.96 Å². The molecule has 4 rings (SSSR count). The number of amides is 3. The molecule has 0 aliphatic rings. The predicted molar refractivity (Wildman–Crippen MR) is 133 cm³/mol. The Bertz CT molecular complexity index is 1320. The number of thiazole rings is 1. The van der Waals surface area contributed by atoms with Gasteiger partial charge in [0.2, 0.25) is 11.8 Å². The van der Waals surface area contributed by atoms with Gasteiger partial charge < -0.3 is 16.0 Å². The fraction of sp³-hybridized carbons (Fsp3) is 0.200. The minimum atomic E-state index is -0.245. The molecule has 0 bridgehead atoms. The number of benzene rings is 2. The summed E-state index contributed by atoms with van der Waals surface area (Å²) in [7, 11) is 0. The highest BCUT2D eigenvalue weighted by Gasteiger charge is 2.13. The molecule has 8 nitrogen and oxygen atoms in total. The number of nitrogens with zero attached hydrogens (tertiary/aromatic N) is 2. The maximum absolute atomic E-state index is 12.4. The van der Waals surface area contributed by atoms with E-state index in [2.05, 4.69) is 33.1 Å². The van der Waals surface area contributed by atoms with Crippen LogP contribution in [0.1, 0.15) is 28.5 Å². The fourth-order valence-electron chi connectivity index (χ4n) is 3.44. The number of aryl methyl sites for hydroxylation is 1. The zero-order valence-corrected chi connectivity index (χ0v) is 19.7. The third-order valence-corrected chi connectivity index (χ3v) is 6.06. The van der Waals surface area contributed by atoms with Gasteiger partial charge in [-0.3, -0.25) is 18.8 Å². The number of rotatable bonds is 8. The maximum atomic E-state index is 12.4. The Morgan fingerprint density at radius 3 is 2.38 bits per heavy atom. The Kier molecular flexibility index (Phi) is 7.03. The second-order valence-electron chi connectivity index (χ2n) is 7.91. The van der Waals surface area contributed by atoms with E-state index in [9.17, 15) is 14.4 Å². The lowest BCUT2D eigenvalue weighted by atomic mass is 10.1. The first-order valence-corrected chi connectivity index (χ1v) is 11.7. The van der Waals surface area contributed by atoms with E-state index in [1.165, 1.54) is 23.8 Å². The van der Waals surface area contributed by atoms with Crippen LogP contribution in [0.25, 0.3) is 16.2 Å². The van der Waals surface area contributed by atoms with Crippen molar-refractivity contribution in [2.24, 2.45) is 0 Å². The van der Waals surface area contributed by atoms with Crippen LogP contribution in [0.5, 0.6) is 0 Å². The molecule has 174 valence electrons. The van der Waals surface area contributed by atoms with Crippen molar-refractivity contribution in [2.45, 2.75) is 20.3 Å². The van der Waals surface area contributed by atoms with Crippen LogP contribution in [0, 0.1) is 6.92 Å². The van der Waals surface area contributed by atoms with Crippen LogP contribution < -0.4 is 16.0 Å². The molecule has 0 spiro atoms. The van der Waals surface area contributed by atoms with E-state index in [1.54, 1.807) is 24.3 Å². The molecule has 0 radical (unpaired) electrons. The van der Waals surface area contributed by atoms with Gasteiger partial charge in [-0.1, -0.05) is 29.8 Å². The monoisotopic (exact) mass is 475 g/mol. The van der Waals surface area contributed by atoms with Gasteiger partial charge in [0, 0.05) is 54.1 Å². The zero-order chi connectivity index (χ0) is 24.1. The zero-order valence-electron chi connectivity index (χ0n) is 18.9. The number of nitrogens with one attached hydrogen (secondary N) is 3. The summed E-state index contributed by atoms with van der Waals surface area (Å²) in [5.41, 5.74) is 5.08. The number of imidazole rings is 1. The third kappa shape index (κ3) is 5.68. The average Bonchev–Trinajstić information content (AvgIpc) is 3.39. The summed E-state index contributed by atoms with van der Waals surface area (Å²) in [5, 5.41) is 10.2. The van der Waals surface area contributed by atoms with E-state index in [4.69, 9.17) is 0 Å². The molecule has 3 amide bonds. The van der Waals surface area contributed by atoms with Gasteiger partial charge in [0.1, 0.15) is 0 Å². The van der Waals surface area contributed by atoms with Gasteiger partial charge in [-0.15, -0.1) is 11.3 Å². The minimum absolute atomic E-state index is 0.126. The summed E-state index contributed by atoms with van der Waals surface area (Å²) in [4.78, 5) is 41.2. The van der Waals surface area contributed by atoms with Crippen LogP contribution in [-0.4, -0.2) is 40.2 Å². The summed E-state index contributed by atoms with van der Waals surface area (Å²) >= 11 is 1.50. The topological polar surface area (TPSA) is 105 Å². The van der Waals surface area contributed by atoms with Crippen LogP contribution >= 0.6 is 11.3 Å². The van der Waals surface area contributed by atoms with Crippen molar-refractivity contribution in [3.63, 3.8) is 0 Å². The predicted octanol–water partition coefficient (Wildman–Crippen LogP) is 3.42. The molecular formula is C25H25N5O3S. The molecule has 0 saturated carbocycles. The van der Waals surface area contributed by atoms with E-state index in [0.717, 1.165) is 21.9 Å². The number of anilines is 1. The van der Waals surface area contributed by atoms with Crippen molar-refractivity contribution >= 4 is 39.7 Å². The van der Waals surface area contributed by atoms with Crippen LogP contribution in [0.4, 0.5) is 5.69 Å². The number of aromatic nitrogens is 2. The minimum Gasteiger partial charge on any atom is -0.354 e. The quantitative estimate of drug-likeness (QED) is 0.340. The van der Waals surface area contributed by atoms with E-state index in [1.807, 2.05) is 35.0 Å². The Labute approximate surface area is 201 Å². The van der Waals surface area contributed by atoms with Crippen molar-refractivity contribution in [1.82, 2.24) is 20.0 Å². The number of carbonyl (C=O) groups excluding carboxylic acids is 3. The van der Waals surface area contributed by atoms with E-state index < -0.39 is 0 Å². The lowest BCUT2D eigenvalue weighted by Crippen LogP contribution is -2.35. The summed E-state index contributed by atoms with van der Waals surface area (Å²) in [6.07, 6.45) is 2.18. The van der Waals surface area contributed by atoms with E-state index >= 15 is 0 Å². The summed E-state index contributed by atoms with van der Waals surface area (Å²) in [6, 6.07) is 14.8. The molecule has 0 fully saturated rings. The first-order valence-electron chi connectivity index (χ1n) is 10.8. The van der Waals surface area contributed by atoms with Crippen molar-refractivity contribution in [3.8, 4) is 11.3 Å². The number of carbonyl (C=O) groups is 3. The molecule has 9 heteroatoms. The Balaban J connectivity index is 1.26. The lowest BCUT2D eigenvalue weighted by Gasteiger charge is -2.08. The van der Waals surface area contributed by atoms with E-state index in [0.29, 0.717) is 24.3 Å². The summed E-state index contributed by atoms with van der Waals surface area (Å²) < 4.78 is 1.95. The second kappa shape index (κ2) is 10.3. The van der Waals surface area contributed by atoms with Crippen LogP contribution in [-0.2, 0) is 16.0 Å². The third-order valence-electron chi connectivity index (χ3n) is 5.17. The van der Waals surface area contributed by atoms with Crippen molar-refractivity contribution in [2.75, 3.05) is 18.4 Å². The Morgan fingerprint density at radius 1 is 0.971 bits per heavy atom. The Hall–Kier alpha value is -3.98. The maximum Gasteiger partial charge on any atom is 0.251 e. The molecule has 34 heavy (non-hydrogen) atoms. The Morgan fingerprint density at radius 2 is 1.68 bits per heavy atom. The standard InChI is InChI=1S/C25H25N5O3S/c1-16-3-5-18(6-4-16)22-14-30-21(15-34-25(30)29-22)13-23(32)26-11-12-27-24(33)19-7-9-20(10-8-19)28-17(2)31/h3-10,14-15H,11-13H2,1-2H3,(H,26,32)(H,27,33)(H,28,31). The molecule has 0 aliphatic heterocycles. The first-order chi connectivity index (χ1) is 16.4. The van der Waals surface area contributed by atoms with Crippen molar-refractivity contribution < 1.29 is 14.4 Å². The smallest absolute Gasteiger partial charge is 0.251 e. The van der Waals surface area contributed by atoms with Crippen molar-refractivity contribution in [3.05, 3.63) is 76.9 Å². The normalized spacial score (nSPS) is 10.8. The molecule has 2 heterocycles. The van der Waals surface area contributed by atoms with Gasteiger partial charge in [-0.2, -0.15) is 0 Å². The van der Waals surface area contributed by atoms with E-state index in [-0.39, 0.29) is 24.1 Å². The molecule has 0 aliphatic carbocycles. The fourth-order valence-corrected chi connectivity index (χ4v) is 4.31. The molecular weight excluding hydrogens is 450 g/mol. The van der Waals surface area contributed by atoms with Gasteiger partial charge in [-0.05, 0) is 31.2 Å². The highest BCUT2D eigenvalue weighted by molar-refractivity contribution is 7.15. The SMILES string of the molecule is CC(=O)Nc1ccc(C(=O)NCCNC(=O)Cc2csc3nc(-c4ccc(C)cc4)cn23)cc1. The molecule has 0 atom stereocenters. The number of hydrogen-bond donors (Lipinski definition) is 3. The van der Waals surface area contributed by atoms with Gasteiger partial charge >= 0.3 is 0 Å². The summed E-state index contributed by atoms with van der Waals surface area (Å²) in [6.45, 7) is 4.10. The molecule has 2 aromatic heterocycles. The number of hydrogen-bond acceptors (Lipinski definition) is 5. The molecule has 2 aromatic carbocycles. The molecule has 4 aromatic rings. The second-order valence-corrected chi connectivity index (χ2v) is 8.75. The van der Waals surface area contributed by atoms with Gasteiger partial charge in [0.25, 0.3) is 5.91 Å². The highest BCUT2D eigenvalue weighted by Crippen LogP contribution is 2.24. The van der Waals surface area contributed by atoms with Crippen molar-refractivity contribution in [1.29, 1.82) is 0 Å². The molecule has 3 N–H and O–H groups in total. The average molecular weight is 476 g/mol. The van der Waals surface area contributed by atoms with Gasteiger partial charge in [0.05, 0.1) is 12.1 Å². The van der Waals surface area contributed by atoms with Gasteiger partial charge in [-0.25, -0.2) is 4.98 Å². The lowest BCUT2D eigenvalue weighted by molar-refractivity contribution is -0.120. The van der Waals surface area contributed by atoms with Crippen LogP contribution in [0.2, 0.25) is 0 Å².